The van der Waals surface area contributed by atoms with Crippen LogP contribution in [-0.2, 0) is 0 Å². The maximum absolute atomic E-state index is 3.36. The third kappa shape index (κ3) is 4.52. The molecule has 0 aliphatic rings. The molecule has 15 heavy (non-hydrogen) atoms. The van der Waals surface area contributed by atoms with E-state index in [0.717, 1.165) is 6.54 Å². The molecule has 0 aromatic rings. The van der Waals surface area contributed by atoms with E-state index < -0.39 is 0 Å². The summed E-state index contributed by atoms with van der Waals surface area (Å²) in [4.78, 5) is 2.58. The van der Waals surface area contributed by atoms with Crippen LogP contribution < -0.4 is 5.32 Å². The van der Waals surface area contributed by atoms with Gasteiger partial charge in [0.2, 0.25) is 0 Å². The lowest BCUT2D eigenvalue weighted by molar-refractivity contribution is 0.117. The molecule has 0 fully saturated rings. The van der Waals surface area contributed by atoms with E-state index in [1.807, 2.05) is 7.05 Å². The molecule has 2 unspecified atom stereocenters. The van der Waals surface area contributed by atoms with E-state index in [2.05, 4.69) is 51.8 Å². The normalized spacial score (nSPS) is 16.8. The zero-order valence-electron chi connectivity index (χ0n) is 11.7. The molecule has 0 spiro atoms. The maximum atomic E-state index is 3.36. The van der Waals surface area contributed by atoms with E-state index >= 15 is 0 Å². The molecule has 0 bridgehead atoms. The van der Waals surface area contributed by atoms with Gasteiger partial charge in [0.1, 0.15) is 0 Å². The van der Waals surface area contributed by atoms with Crippen LogP contribution in [-0.4, -0.2) is 37.1 Å². The molecule has 2 nitrogen and oxygen atoms in total. The van der Waals surface area contributed by atoms with Gasteiger partial charge in [0.15, 0.2) is 0 Å². The van der Waals surface area contributed by atoms with Gasteiger partial charge in [-0.05, 0) is 39.3 Å². The van der Waals surface area contributed by atoms with Gasteiger partial charge in [0.25, 0.3) is 0 Å². The first-order chi connectivity index (χ1) is 6.88. The summed E-state index contributed by atoms with van der Waals surface area (Å²) in [7, 11) is 2.05. The minimum absolute atomic E-state index is 0.328. The molecule has 0 heterocycles. The van der Waals surface area contributed by atoms with Crippen LogP contribution in [0.3, 0.4) is 0 Å². The van der Waals surface area contributed by atoms with Gasteiger partial charge in [0, 0.05) is 18.6 Å². The Balaban J connectivity index is 4.39. The first kappa shape index (κ1) is 14.9. The van der Waals surface area contributed by atoms with E-state index in [9.17, 15) is 0 Å². The highest BCUT2D eigenvalue weighted by molar-refractivity contribution is 4.84. The molecule has 0 amide bonds. The van der Waals surface area contributed by atoms with E-state index in [1.165, 1.54) is 13.0 Å². The van der Waals surface area contributed by atoms with Crippen LogP contribution in [0.1, 0.15) is 48.0 Å². The van der Waals surface area contributed by atoms with Crippen molar-refractivity contribution in [2.45, 2.75) is 60.0 Å². The van der Waals surface area contributed by atoms with Crippen LogP contribution in [0.2, 0.25) is 0 Å². The molecule has 0 saturated heterocycles. The standard InChI is InChI=1S/C13H30N2/c1-8-11(3)15(9-2)10-13(5,6)12(4)14-7/h11-12,14H,8-10H2,1-7H3. The molecule has 0 saturated carbocycles. The average Bonchev–Trinajstić information content (AvgIpc) is 2.23. The summed E-state index contributed by atoms with van der Waals surface area (Å²) in [6, 6.07) is 1.24. The summed E-state index contributed by atoms with van der Waals surface area (Å²) in [5.74, 6) is 0. The molecular weight excluding hydrogens is 184 g/mol. The molecular formula is C13H30N2. The minimum Gasteiger partial charge on any atom is -0.317 e. The smallest absolute Gasteiger partial charge is 0.00991 e. The third-order valence-electron chi connectivity index (χ3n) is 3.84. The van der Waals surface area contributed by atoms with E-state index in [0.29, 0.717) is 17.5 Å². The van der Waals surface area contributed by atoms with Crippen molar-refractivity contribution in [1.82, 2.24) is 10.2 Å². The Morgan fingerprint density at radius 2 is 1.73 bits per heavy atom. The summed E-state index contributed by atoms with van der Waals surface area (Å²) in [5, 5.41) is 3.36. The number of rotatable bonds is 7. The van der Waals surface area contributed by atoms with Gasteiger partial charge in [-0.25, -0.2) is 0 Å². The molecule has 0 rings (SSSR count). The number of hydrogen-bond donors (Lipinski definition) is 1. The maximum Gasteiger partial charge on any atom is 0.00991 e. The van der Waals surface area contributed by atoms with Crippen molar-refractivity contribution >= 4 is 0 Å². The lowest BCUT2D eigenvalue weighted by atomic mass is 9.84. The fourth-order valence-corrected chi connectivity index (χ4v) is 1.89. The van der Waals surface area contributed by atoms with Gasteiger partial charge in [0.05, 0.1) is 0 Å². The Morgan fingerprint density at radius 3 is 2.07 bits per heavy atom. The Hall–Kier alpha value is -0.0800. The fourth-order valence-electron chi connectivity index (χ4n) is 1.89. The van der Waals surface area contributed by atoms with E-state index in [1.54, 1.807) is 0 Å². The van der Waals surface area contributed by atoms with Gasteiger partial charge in [-0.3, -0.25) is 0 Å². The van der Waals surface area contributed by atoms with Crippen LogP contribution >= 0.6 is 0 Å². The predicted octanol–water partition coefficient (Wildman–Crippen LogP) is 2.74. The summed E-state index contributed by atoms with van der Waals surface area (Å²) >= 11 is 0. The van der Waals surface area contributed by atoms with Crippen molar-refractivity contribution in [3.63, 3.8) is 0 Å². The fraction of sp³-hybridized carbons (Fsp3) is 1.00. The molecule has 0 aromatic carbocycles. The lowest BCUT2D eigenvalue weighted by Gasteiger charge is -2.39. The molecule has 1 N–H and O–H groups in total. The SMILES string of the molecule is CCC(C)N(CC)CC(C)(C)C(C)NC. The van der Waals surface area contributed by atoms with Crippen LogP contribution in [0.5, 0.6) is 0 Å². The monoisotopic (exact) mass is 214 g/mol. The van der Waals surface area contributed by atoms with Crippen LogP contribution in [0.15, 0.2) is 0 Å². The van der Waals surface area contributed by atoms with E-state index in [-0.39, 0.29) is 0 Å². The largest absolute Gasteiger partial charge is 0.317 e. The third-order valence-corrected chi connectivity index (χ3v) is 3.84. The highest BCUT2D eigenvalue weighted by atomic mass is 15.2. The predicted molar refractivity (Wildman–Crippen MR) is 69.3 cm³/mol. The molecule has 92 valence electrons. The van der Waals surface area contributed by atoms with Crippen molar-refractivity contribution < 1.29 is 0 Å². The van der Waals surface area contributed by atoms with Crippen molar-refractivity contribution in [3.05, 3.63) is 0 Å². The second-order valence-electron chi connectivity index (χ2n) is 5.32. The molecule has 0 aromatic heterocycles. The zero-order chi connectivity index (χ0) is 12.1. The van der Waals surface area contributed by atoms with Crippen molar-refractivity contribution in [3.8, 4) is 0 Å². The Bertz CT molecular complexity index is 166. The Labute approximate surface area is 96.4 Å². The van der Waals surface area contributed by atoms with Gasteiger partial charge < -0.3 is 10.2 Å². The van der Waals surface area contributed by atoms with Gasteiger partial charge in [-0.1, -0.05) is 27.7 Å². The van der Waals surface area contributed by atoms with Crippen molar-refractivity contribution in [1.29, 1.82) is 0 Å². The topological polar surface area (TPSA) is 15.3 Å². The first-order valence-electron chi connectivity index (χ1n) is 6.30. The number of hydrogen-bond acceptors (Lipinski definition) is 2. The summed E-state index contributed by atoms with van der Waals surface area (Å²) in [5.41, 5.74) is 0.328. The van der Waals surface area contributed by atoms with Gasteiger partial charge in [-0.2, -0.15) is 0 Å². The number of nitrogens with zero attached hydrogens (tertiary/aromatic N) is 1. The molecule has 2 atom stereocenters. The van der Waals surface area contributed by atoms with Crippen LogP contribution in [0.4, 0.5) is 0 Å². The lowest BCUT2D eigenvalue weighted by Crippen LogP contribution is -2.47. The van der Waals surface area contributed by atoms with Crippen LogP contribution in [0, 0.1) is 5.41 Å². The second-order valence-corrected chi connectivity index (χ2v) is 5.32. The molecule has 2 heteroatoms. The Kier molecular flexibility index (Phi) is 6.46. The molecule has 0 aliphatic carbocycles. The van der Waals surface area contributed by atoms with Crippen LogP contribution in [0.25, 0.3) is 0 Å². The number of nitrogens with one attached hydrogen (secondary N) is 1. The second kappa shape index (κ2) is 6.49. The Morgan fingerprint density at radius 1 is 1.20 bits per heavy atom. The molecule has 0 aliphatic heterocycles. The van der Waals surface area contributed by atoms with Crippen molar-refractivity contribution in [2.24, 2.45) is 5.41 Å². The minimum atomic E-state index is 0.328. The summed E-state index contributed by atoms with van der Waals surface area (Å²) in [6.07, 6.45) is 1.23. The highest BCUT2D eigenvalue weighted by Gasteiger charge is 2.28. The zero-order valence-corrected chi connectivity index (χ0v) is 11.7. The average molecular weight is 214 g/mol. The quantitative estimate of drug-likeness (QED) is 0.701. The van der Waals surface area contributed by atoms with Gasteiger partial charge in [-0.15, -0.1) is 0 Å². The van der Waals surface area contributed by atoms with E-state index in [4.69, 9.17) is 0 Å². The summed E-state index contributed by atoms with van der Waals surface area (Å²) in [6.45, 7) is 16.1. The molecule has 0 radical (unpaired) electrons. The summed E-state index contributed by atoms with van der Waals surface area (Å²) < 4.78 is 0. The van der Waals surface area contributed by atoms with Crippen molar-refractivity contribution in [2.75, 3.05) is 20.1 Å². The highest BCUT2D eigenvalue weighted by Crippen LogP contribution is 2.23. The van der Waals surface area contributed by atoms with Gasteiger partial charge >= 0.3 is 0 Å². The first-order valence-corrected chi connectivity index (χ1v) is 6.30.